The van der Waals surface area contributed by atoms with E-state index in [9.17, 15) is 14.0 Å². The molecule has 7 heteroatoms. The molecule has 2 amide bonds. The smallest absolute Gasteiger partial charge is 0.261 e. The van der Waals surface area contributed by atoms with E-state index >= 15 is 0 Å². The normalized spacial score (nSPS) is 14.5. The maximum absolute atomic E-state index is 14.7. The number of carbonyl (C=O) groups is 2. The summed E-state index contributed by atoms with van der Waals surface area (Å²) in [5, 5.41) is 3.78. The van der Waals surface area contributed by atoms with E-state index in [1.807, 2.05) is 37.3 Å². The van der Waals surface area contributed by atoms with Crippen LogP contribution in [0.4, 0.5) is 4.39 Å². The van der Waals surface area contributed by atoms with E-state index in [0.29, 0.717) is 22.8 Å². The van der Waals surface area contributed by atoms with Gasteiger partial charge in [-0.25, -0.2) is 4.39 Å². The molecule has 3 aromatic carbocycles. The average molecular weight is 537 g/mol. The molecule has 0 aromatic heterocycles. The van der Waals surface area contributed by atoms with Gasteiger partial charge in [0.25, 0.3) is 5.91 Å². The number of nitrogens with one attached hydrogen (secondary N) is 1. The van der Waals surface area contributed by atoms with E-state index in [0.717, 1.165) is 36.8 Å². The van der Waals surface area contributed by atoms with Crippen molar-refractivity contribution < 1.29 is 18.7 Å². The molecular weight excluding hydrogens is 503 g/mol. The highest BCUT2D eigenvalue weighted by molar-refractivity contribution is 6.31. The summed E-state index contributed by atoms with van der Waals surface area (Å²) < 4.78 is 20.5. The van der Waals surface area contributed by atoms with Gasteiger partial charge in [0.2, 0.25) is 5.91 Å². The van der Waals surface area contributed by atoms with Crippen LogP contribution in [0.5, 0.6) is 5.75 Å². The minimum absolute atomic E-state index is 0.0515. The maximum Gasteiger partial charge on any atom is 0.261 e. The van der Waals surface area contributed by atoms with Crippen molar-refractivity contribution in [2.24, 2.45) is 0 Å². The molecule has 0 aliphatic heterocycles. The fourth-order valence-corrected chi connectivity index (χ4v) is 4.96. The highest BCUT2D eigenvalue weighted by Crippen LogP contribution is 2.23. The third-order valence-electron chi connectivity index (χ3n) is 7.01. The van der Waals surface area contributed by atoms with Crippen molar-refractivity contribution in [1.82, 2.24) is 10.2 Å². The molecule has 1 aliphatic carbocycles. The number of rotatable bonds is 10. The zero-order valence-electron chi connectivity index (χ0n) is 21.7. The molecule has 1 fully saturated rings. The largest absolute Gasteiger partial charge is 0.484 e. The molecule has 0 bridgehead atoms. The number of carbonyl (C=O) groups excluding carboxylic acids is 2. The molecule has 1 aliphatic rings. The second-order valence-electron chi connectivity index (χ2n) is 9.86. The number of amides is 2. The van der Waals surface area contributed by atoms with Crippen LogP contribution >= 0.6 is 11.6 Å². The Morgan fingerprint density at radius 2 is 1.74 bits per heavy atom. The quantitative estimate of drug-likeness (QED) is 0.333. The number of hydrogen-bond donors (Lipinski definition) is 1. The fraction of sp³-hybridized carbons (Fsp3) is 0.355. The van der Waals surface area contributed by atoms with Crippen LogP contribution in [0.2, 0.25) is 5.02 Å². The van der Waals surface area contributed by atoms with Gasteiger partial charge < -0.3 is 15.0 Å². The molecule has 1 atom stereocenters. The van der Waals surface area contributed by atoms with Crippen LogP contribution < -0.4 is 10.1 Å². The van der Waals surface area contributed by atoms with Crippen molar-refractivity contribution >= 4 is 23.4 Å². The van der Waals surface area contributed by atoms with Crippen LogP contribution in [0, 0.1) is 12.7 Å². The average Bonchev–Trinajstić information content (AvgIpc) is 2.93. The summed E-state index contributed by atoms with van der Waals surface area (Å²) in [6.45, 7) is 1.51. The molecule has 0 heterocycles. The maximum atomic E-state index is 14.7. The van der Waals surface area contributed by atoms with Gasteiger partial charge in [-0.05, 0) is 55.2 Å². The van der Waals surface area contributed by atoms with Gasteiger partial charge in [0.05, 0.1) is 0 Å². The Hall–Kier alpha value is -3.38. The highest BCUT2D eigenvalue weighted by Gasteiger charge is 2.32. The molecule has 0 spiro atoms. The van der Waals surface area contributed by atoms with Crippen LogP contribution in [0.3, 0.4) is 0 Å². The van der Waals surface area contributed by atoms with Crippen molar-refractivity contribution in [1.29, 1.82) is 0 Å². The monoisotopic (exact) mass is 536 g/mol. The Labute approximate surface area is 228 Å². The first-order chi connectivity index (χ1) is 18.4. The number of halogens is 2. The summed E-state index contributed by atoms with van der Waals surface area (Å²) in [6, 6.07) is 20.3. The molecule has 3 aromatic rings. The van der Waals surface area contributed by atoms with Gasteiger partial charge in [0, 0.05) is 29.6 Å². The van der Waals surface area contributed by atoms with E-state index in [1.165, 1.54) is 17.4 Å². The zero-order valence-corrected chi connectivity index (χ0v) is 22.4. The van der Waals surface area contributed by atoms with E-state index in [2.05, 4.69) is 5.32 Å². The Kier molecular flexibility index (Phi) is 9.77. The van der Waals surface area contributed by atoms with Gasteiger partial charge in [0.15, 0.2) is 6.61 Å². The molecule has 4 rings (SSSR count). The van der Waals surface area contributed by atoms with Gasteiger partial charge in [-0.1, -0.05) is 79.4 Å². The van der Waals surface area contributed by atoms with E-state index < -0.39 is 17.8 Å². The van der Waals surface area contributed by atoms with E-state index in [1.54, 1.807) is 36.4 Å². The molecule has 1 saturated carbocycles. The lowest BCUT2D eigenvalue weighted by molar-refractivity contribution is -0.143. The SMILES string of the molecule is Cc1cc(OCC(=O)N(Cc2ccccc2F)[C@H](Cc2ccccc2)C(=O)NC2CCCCC2)ccc1Cl. The first kappa shape index (κ1) is 27.6. The second-order valence-corrected chi connectivity index (χ2v) is 10.3. The van der Waals surface area contributed by atoms with Gasteiger partial charge in [0.1, 0.15) is 17.6 Å². The zero-order chi connectivity index (χ0) is 26.9. The third-order valence-corrected chi connectivity index (χ3v) is 7.44. The summed E-state index contributed by atoms with van der Waals surface area (Å²) in [6.07, 6.45) is 5.45. The Morgan fingerprint density at radius 3 is 2.45 bits per heavy atom. The molecule has 200 valence electrons. The predicted octanol–water partition coefficient (Wildman–Crippen LogP) is 6.26. The third kappa shape index (κ3) is 7.57. The van der Waals surface area contributed by atoms with Crippen LogP contribution in [-0.2, 0) is 22.6 Å². The lowest BCUT2D eigenvalue weighted by Gasteiger charge is -2.33. The number of aryl methyl sites for hydroxylation is 1. The summed E-state index contributed by atoms with van der Waals surface area (Å²) >= 11 is 6.12. The lowest BCUT2D eigenvalue weighted by Crippen LogP contribution is -2.53. The van der Waals surface area contributed by atoms with E-state index in [-0.39, 0.29) is 25.1 Å². The molecule has 0 unspecified atom stereocenters. The number of ether oxygens (including phenoxy) is 1. The summed E-state index contributed by atoms with van der Waals surface area (Å²) in [5.41, 5.74) is 2.08. The van der Waals surface area contributed by atoms with Gasteiger partial charge in [-0.2, -0.15) is 0 Å². The Balaban J connectivity index is 1.62. The molecule has 1 N–H and O–H groups in total. The lowest BCUT2D eigenvalue weighted by atomic mass is 9.94. The highest BCUT2D eigenvalue weighted by atomic mass is 35.5. The molecule has 0 radical (unpaired) electrons. The first-order valence-corrected chi connectivity index (χ1v) is 13.5. The summed E-state index contributed by atoms with van der Waals surface area (Å²) in [7, 11) is 0. The Morgan fingerprint density at radius 1 is 1.03 bits per heavy atom. The standard InChI is InChI=1S/C31H34ClFN2O3/c1-22-18-26(16-17-27(22)32)38-21-30(36)35(20-24-12-8-9-15-28(24)33)29(19-23-10-4-2-5-11-23)31(37)34-25-13-6-3-7-14-25/h2,4-5,8-12,15-18,25,29H,3,6-7,13-14,19-21H2,1H3,(H,34,37)/t29-/m1/s1. The first-order valence-electron chi connectivity index (χ1n) is 13.2. The molecule has 0 saturated heterocycles. The van der Waals surface area contributed by atoms with Crippen LogP contribution in [-0.4, -0.2) is 35.4 Å². The van der Waals surface area contributed by atoms with Crippen molar-refractivity contribution in [3.8, 4) is 5.75 Å². The van der Waals surface area contributed by atoms with Crippen molar-refractivity contribution in [2.75, 3.05) is 6.61 Å². The minimum Gasteiger partial charge on any atom is -0.484 e. The van der Waals surface area contributed by atoms with Gasteiger partial charge in [-0.3, -0.25) is 9.59 Å². The number of nitrogens with zero attached hydrogens (tertiary/aromatic N) is 1. The predicted molar refractivity (Wildman–Crippen MR) is 148 cm³/mol. The number of benzene rings is 3. The van der Waals surface area contributed by atoms with Crippen LogP contribution in [0.1, 0.15) is 48.8 Å². The van der Waals surface area contributed by atoms with Gasteiger partial charge in [-0.15, -0.1) is 0 Å². The van der Waals surface area contributed by atoms with Gasteiger partial charge >= 0.3 is 0 Å². The van der Waals surface area contributed by atoms with E-state index in [4.69, 9.17) is 16.3 Å². The fourth-order valence-electron chi connectivity index (χ4n) is 4.84. The summed E-state index contributed by atoms with van der Waals surface area (Å²) in [4.78, 5) is 28.9. The molecular formula is C31H34ClFN2O3. The minimum atomic E-state index is -0.831. The number of hydrogen-bond acceptors (Lipinski definition) is 3. The molecule has 5 nitrogen and oxygen atoms in total. The van der Waals surface area contributed by atoms with Crippen molar-refractivity contribution in [3.63, 3.8) is 0 Å². The van der Waals surface area contributed by atoms with Crippen LogP contribution in [0.15, 0.2) is 72.8 Å². The summed E-state index contributed by atoms with van der Waals surface area (Å²) in [5.74, 6) is -0.559. The van der Waals surface area contributed by atoms with Crippen LogP contribution in [0.25, 0.3) is 0 Å². The van der Waals surface area contributed by atoms with Crippen molar-refractivity contribution in [2.45, 2.75) is 64.1 Å². The second kappa shape index (κ2) is 13.4. The van der Waals surface area contributed by atoms with Crippen molar-refractivity contribution in [3.05, 3.63) is 100 Å². The topological polar surface area (TPSA) is 58.6 Å². The Bertz CT molecular complexity index is 1230. The molecule has 38 heavy (non-hydrogen) atoms.